The highest BCUT2D eigenvalue weighted by atomic mass is 16.2. The van der Waals surface area contributed by atoms with Crippen LogP contribution in [0.15, 0.2) is 61.2 Å². The zero-order valence-corrected chi connectivity index (χ0v) is 15.0. The van der Waals surface area contributed by atoms with E-state index >= 15 is 0 Å². The van der Waals surface area contributed by atoms with Crippen molar-refractivity contribution in [2.75, 3.05) is 23.7 Å². The molecular formula is C21H25N3O2. The van der Waals surface area contributed by atoms with Crippen molar-refractivity contribution >= 4 is 23.2 Å². The number of hydrogen-bond acceptors (Lipinski definition) is 3. The van der Waals surface area contributed by atoms with Gasteiger partial charge in [0, 0.05) is 30.9 Å². The first-order valence-corrected chi connectivity index (χ1v) is 8.75. The van der Waals surface area contributed by atoms with Crippen LogP contribution in [0.1, 0.15) is 29.3 Å². The van der Waals surface area contributed by atoms with Gasteiger partial charge in [0.2, 0.25) is 5.91 Å². The highest BCUT2D eigenvalue weighted by Gasteiger charge is 2.11. The predicted octanol–water partition coefficient (Wildman–Crippen LogP) is 3.61. The van der Waals surface area contributed by atoms with Gasteiger partial charge < -0.3 is 16.0 Å². The maximum Gasteiger partial charge on any atom is 0.253 e. The third-order valence-corrected chi connectivity index (χ3v) is 3.92. The smallest absolute Gasteiger partial charge is 0.253 e. The lowest BCUT2D eigenvalue weighted by atomic mass is 10.1. The van der Waals surface area contributed by atoms with E-state index in [0.717, 1.165) is 23.4 Å². The zero-order valence-electron chi connectivity index (χ0n) is 15.0. The van der Waals surface area contributed by atoms with E-state index in [9.17, 15) is 9.59 Å². The summed E-state index contributed by atoms with van der Waals surface area (Å²) in [5.74, 6) is -0.330. The number of amides is 2. The summed E-state index contributed by atoms with van der Waals surface area (Å²) in [5, 5.41) is 8.83. The van der Waals surface area contributed by atoms with Crippen molar-refractivity contribution in [2.24, 2.45) is 0 Å². The van der Waals surface area contributed by atoms with Crippen molar-refractivity contribution in [3.63, 3.8) is 0 Å². The van der Waals surface area contributed by atoms with Crippen LogP contribution in [0.5, 0.6) is 0 Å². The van der Waals surface area contributed by atoms with Gasteiger partial charge in [0.25, 0.3) is 5.91 Å². The van der Waals surface area contributed by atoms with Gasteiger partial charge in [-0.1, -0.05) is 43.3 Å². The van der Waals surface area contributed by atoms with Crippen LogP contribution in [0.25, 0.3) is 0 Å². The van der Waals surface area contributed by atoms with Gasteiger partial charge in [-0.15, -0.1) is 6.58 Å². The summed E-state index contributed by atoms with van der Waals surface area (Å²) >= 11 is 0. The van der Waals surface area contributed by atoms with E-state index in [2.05, 4.69) is 22.5 Å². The summed E-state index contributed by atoms with van der Waals surface area (Å²) in [6.07, 6.45) is 2.79. The highest BCUT2D eigenvalue weighted by molar-refractivity contribution is 6.00. The topological polar surface area (TPSA) is 70.2 Å². The fourth-order valence-electron chi connectivity index (χ4n) is 2.57. The molecule has 0 heterocycles. The van der Waals surface area contributed by atoms with Gasteiger partial charge in [0.15, 0.2) is 0 Å². The second-order valence-corrected chi connectivity index (χ2v) is 5.78. The Kier molecular flexibility index (Phi) is 7.43. The van der Waals surface area contributed by atoms with Crippen LogP contribution in [0.2, 0.25) is 0 Å². The van der Waals surface area contributed by atoms with Crippen LogP contribution in [-0.2, 0) is 11.2 Å². The molecule has 2 aromatic carbocycles. The largest absolute Gasteiger partial charge is 0.381 e. The molecule has 0 aliphatic carbocycles. The Morgan fingerprint density at radius 1 is 1.04 bits per heavy atom. The molecule has 0 spiro atoms. The van der Waals surface area contributed by atoms with Gasteiger partial charge in [0.05, 0.1) is 5.56 Å². The predicted molar refractivity (Wildman–Crippen MR) is 107 cm³/mol. The van der Waals surface area contributed by atoms with Crippen molar-refractivity contribution in [1.29, 1.82) is 0 Å². The molecule has 5 nitrogen and oxygen atoms in total. The van der Waals surface area contributed by atoms with Crippen molar-refractivity contribution in [2.45, 2.75) is 19.8 Å². The first-order chi connectivity index (χ1) is 12.7. The first-order valence-electron chi connectivity index (χ1n) is 8.75. The maximum atomic E-state index is 12.4. The molecule has 0 aliphatic heterocycles. The molecule has 2 aromatic rings. The summed E-state index contributed by atoms with van der Waals surface area (Å²) in [7, 11) is 0. The number of rotatable bonds is 9. The van der Waals surface area contributed by atoms with Crippen molar-refractivity contribution in [3.05, 3.63) is 72.3 Å². The number of aryl methyl sites for hydroxylation is 1. The van der Waals surface area contributed by atoms with Crippen molar-refractivity contribution in [3.8, 4) is 0 Å². The molecule has 136 valence electrons. The molecule has 0 aromatic heterocycles. The van der Waals surface area contributed by atoms with Gasteiger partial charge in [-0.25, -0.2) is 0 Å². The Hall–Kier alpha value is -3.08. The number of benzene rings is 2. The lowest BCUT2D eigenvalue weighted by Gasteiger charge is -2.12. The molecule has 2 amide bonds. The SMILES string of the molecule is C=CCNc1ccccc1C(=O)NCCC(=O)Nc1ccccc1CC. The Morgan fingerprint density at radius 3 is 2.46 bits per heavy atom. The summed E-state index contributed by atoms with van der Waals surface area (Å²) in [4.78, 5) is 24.5. The molecule has 0 saturated carbocycles. The van der Waals surface area contributed by atoms with Crippen LogP contribution < -0.4 is 16.0 Å². The zero-order chi connectivity index (χ0) is 18.8. The normalized spacial score (nSPS) is 10.0. The van der Waals surface area contributed by atoms with Crippen molar-refractivity contribution < 1.29 is 9.59 Å². The van der Waals surface area contributed by atoms with E-state index in [4.69, 9.17) is 0 Å². The van der Waals surface area contributed by atoms with Gasteiger partial charge in [-0.05, 0) is 30.2 Å². The van der Waals surface area contributed by atoms with E-state index in [1.165, 1.54) is 0 Å². The van der Waals surface area contributed by atoms with Gasteiger partial charge in [0.1, 0.15) is 0 Å². The van der Waals surface area contributed by atoms with Crippen LogP contribution in [0.4, 0.5) is 11.4 Å². The fraction of sp³-hybridized carbons (Fsp3) is 0.238. The third kappa shape index (κ3) is 5.48. The molecule has 0 saturated heterocycles. The molecule has 0 bridgehead atoms. The minimum Gasteiger partial charge on any atom is -0.381 e. The number of carbonyl (C=O) groups is 2. The average Bonchev–Trinajstić information content (AvgIpc) is 2.67. The van der Waals surface area contributed by atoms with Crippen LogP contribution in [0.3, 0.4) is 0 Å². The number of anilines is 2. The molecule has 3 N–H and O–H groups in total. The highest BCUT2D eigenvalue weighted by Crippen LogP contribution is 2.16. The summed E-state index contributed by atoms with van der Waals surface area (Å²) in [6, 6.07) is 15.0. The fourth-order valence-corrected chi connectivity index (χ4v) is 2.57. The molecule has 0 radical (unpaired) electrons. The van der Waals surface area contributed by atoms with Gasteiger partial charge in [-0.3, -0.25) is 9.59 Å². The Balaban J connectivity index is 1.86. The Bertz CT molecular complexity index is 771. The molecule has 2 rings (SSSR count). The van der Waals surface area contributed by atoms with Crippen molar-refractivity contribution in [1.82, 2.24) is 5.32 Å². The standard InChI is InChI=1S/C21H25N3O2/c1-3-14-22-19-12-8-6-10-17(19)21(26)23-15-13-20(25)24-18-11-7-5-9-16(18)4-2/h3,5-12,22H,1,4,13-15H2,2H3,(H,23,26)(H,24,25). The summed E-state index contributed by atoms with van der Waals surface area (Å²) < 4.78 is 0. The summed E-state index contributed by atoms with van der Waals surface area (Å²) in [5.41, 5.74) is 3.20. The molecular weight excluding hydrogens is 326 g/mol. The second kappa shape index (κ2) is 10.0. The number of nitrogens with one attached hydrogen (secondary N) is 3. The average molecular weight is 351 g/mol. The molecule has 0 aliphatic rings. The minimum absolute atomic E-state index is 0.121. The first kappa shape index (κ1) is 19.2. The quantitative estimate of drug-likeness (QED) is 0.605. The number of carbonyl (C=O) groups excluding carboxylic acids is 2. The molecule has 0 unspecified atom stereocenters. The molecule has 26 heavy (non-hydrogen) atoms. The second-order valence-electron chi connectivity index (χ2n) is 5.78. The molecule has 0 atom stereocenters. The van der Waals surface area contributed by atoms with Crippen LogP contribution in [-0.4, -0.2) is 24.9 Å². The van der Waals surface area contributed by atoms with E-state index in [1.54, 1.807) is 12.1 Å². The van der Waals surface area contributed by atoms with Gasteiger partial charge >= 0.3 is 0 Å². The van der Waals surface area contributed by atoms with E-state index in [-0.39, 0.29) is 24.8 Å². The van der Waals surface area contributed by atoms with Gasteiger partial charge in [-0.2, -0.15) is 0 Å². The van der Waals surface area contributed by atoms with E-state index in [0.29, 0.717) is 12.1 Å². The van der Waals surface area contributed by atoms with E-state index in [1.807, 2.05) is 49.4 Å². The number of hydrogen-bond donors (Lipinski definition) is 3. The monoisotopic (exact) mass is 351 g/mol. The lowest BCUT2D eigenvalue weighted by molar-refractivity contribution is -0.116. The summed E-state index contributed by atoms with van der Waals surface area (Å²) in [6.45, 7) is 6.55. The lowest BCUT2D eigenvalue weighted by Crippen LogP contribution is -2.28. The Labute approximate surface area is 154 Å². The maximum absolute atomic E-state index is 12.4. The van der Waals surface area contributed by atoms with Crippen LogP contribution in [0, 0.1) is 0 Å². The van der Waals surface area contributed by atoms with E-state index < -0.39 is 0 Å². The molecule has 0 fully saturated rings. The third-order valence-electron chi connectivity index (χ3n) is 3.92. The molecule has 5 heteroatoms. The van der Waals surface area contributed by atoms with Crippen LogP contribution >= 0.6 is 0 Å². The number of para-hydroxylation sites is 2. The Morgan fingerprint density at radius 2 is 1.73 bits per heavy atom. The minimum atomic E-state index is -0.209.